The van der Waals surface area contributed by atoms with Crippen LogP contribution >= 0.6 is 15.9 Å². The number of halogens is 1. The van der Waals surface area contributed by atoms with E-state index < -0.39 is 5.97 Å². The molecule has 1 rings (SSSR count). The molecule has 0 aliphatic heterocycles. The van der Waals surface area contributed by atoms with Gasteiger partial charge in [-0.1, -0.05) is 22.5 Å². The lowest BCUT2D eigenvalue weighted by Gasteiger charge is -1.97. The molecule has 0 spiro atoms. The monoisotopic (exact) mass is 258 g/mol. The molecule has 1 heterocycles. The molecule has 0 fully saturated rings. The Kier molecular flexibility index (Phi) is 3.95. The number of carbonyl (C=O) groups is 1. The van der Waals surface area contributed by atoms with Gasteiger partial charge in [-0.2, -0.15) is 0 Å². The van der Waals surface area contributed by atoms with E-state index in [1.807, 2.05) is 0 Å². The normalized spacial score (nSPS) is 9.86. The summed E-state index contributed by atoms with van der Waals surface area (Å²) in [7, 11) is 0. The molecule has 0 saturated carbocycles. The Morgan fingerprint density at radius 3 is 2.93 bits per heavy atom. The molecular weight excluding hydrogens is 248 g/mol. The van der Waals surface area contributed by atoms with Crippen LogP contribution in [0, 0.1) is 0 Å². The summed E-state index contributed by atoms with van der Waals surface area (Å²) < 4.78 is 10.8. The van der Waals surface area contributed by atoms with Crippen molar-refractivity contribution in [1.82, 2.24) is 0 Å². The molecular formula is C10H11BrO3. The van der Waals surface area contributed by atoms with Crippen molar-refractivity contribution in [3.05, 3.63) is 34.7 Å². The number of allylic oxidation sites excluding steroid dienone is 1. The zero-order chi connectivity index (χ0) is 10.6. The Labute approximate surface area is 90.9 Å². The summed E-state index contributed by atoms with van der Waals surface area (Å²) in [5.41, 5.74) is 0. The van der Waals surface area contributed by atoms with Crippen LogP contribution in [-0.4, -0.2) is 12.6 Å². The van der Waals surface area contributed by atoms with E-state index in [9.17, 15) is 4.79 Å². The van der Waals surface area contributed by atoms with E-state index in [4.69, 9.17) is 9.15 Å². The van der Waals surface area contributed by atoms with E-state index in [2.05, 4.69) is 22.5 Å². The van der Waals surface area contributed by atoms with Crippen molar-refractivity contribution < 1.29 is 13.9 Å². The molecule has 0 aliphatic rings. The minimum Gasteiger partial charge on any atom is -0.460 e. The number of ether oxygens (including phenoxy) is 1. The molecule has 4 heteroatoms. The first-order chi connectivity index (χ1) is 6.63. The zero-order valence-corrected chi connectivity index (χ0v) is 9.46. The molecule has 76 valence electrons. The van der Waals surface area contributed by atoms with Crippen LogP contribution in [-0.2, 0) is 11.2 Å². The maximum atomic E-state index is 11.2. The fourth-order valence-electron chi connectivity index (χ4n) is 0.974. The van der Waals surface area contributed by atoms with Gasteiger partial charge in [-0.15, -0.1) is 0 Å². The van der Waals surface area contributed by atoms with Crippen LogP contribution in [0.3, 0.4) is 0 Å². The third-order valence-electron chi connectivity index (χ3n) is 1.50. The first-order valence-electron chi connectivity index (χ1n) is 4.22. The first kappa shape index (κ1) is 11.0. The summed E-state index contributed by atoms with van der Waals surface area (Å²) in [5.74, 6) is 0.490. The molecule has 0 unspecified atom stereocenters. The van der Waals surface area contributed by atoms with Crippen molar-refractivity contribution in [1.29, 1.82) is 0 Å². The van der Waals surface area contributed by atoms with Crippen molar-refractivity contribution >= 4 is 21.9 Å². The first-order valence-corrected chi connectivity index (χ1v) is 5.02. The second kappa shape index (κ2) is 5.00. The predicted molar refractivity (Wildman–Crippen MR) is 56.4 cm³/mol. The summed E-state index contributed by atoms with van der Waals surface area (Å²) in [4.78, 5) is 11.2. The molecule has 0 radical (unpaired) electrons. The lowest BCUT2D eigenvalue weighted by Crippen LogP contribution is -2.02. The standard InChI is InChI=1S/C10H11BrO3/c1-3-13-10(12)9-5-4-8(14-9)6-7(2)11/h4-5H,2-3,6H2,1H3. The quantitative estimate of drug-likeness (QED) is 0.780. The molecule has 3 nitrogen and oxygen atoms in total. The maximum absolute atomic E-state index is 11.2. The molecule has 1 aromatic rings. The highest BCUT2D eigenvalue weighted by Gasteiger charge is 2.11. The highest BCUT2D eigenvalue weighted by Crippen LogP contribution is 2.15. The topological polar surface area (TPSA) is 39.4 Å². The van der Waals surface area contributed by atoms with Gasteiger partial charge in [-0.25, -0.2) is 4.79 Å². The summed E-state index contributed by atoms with van der Waals surface area (Å²) in [6.45, 7) is 5.78. The van der Waals surface area contributed by atoms with Crippen LogP contribution in [0.1, 0.15) is 23.2 Å². The summed E-state index contributed by atoms with van der Waals surface area (Å²) in [5, 5.41) is 0. The van der Waals surface area contributed by atoms with Crippen molar-refractivity contribution in [2.75, 3.05) is 6.61 Å². The smallest absolute Gasteiger partial charge is 0.374 e. The van der Waals surface area contributed by atoms with Crippen molar-refractivity contribution in [2.24, 2.45) is 0 Å². The van der Waals surface area contributed by atoms with Crippen LogP contribution in [0.4, 0.5) is 0 Å². The molecule has 0 aromatic carbocycles. The molecule has 0 amide bonds. The lowest BCUT2D eigenvalue weighted by molar-refractivity contribution is 0.0488. The molecule has 0 saturated heterocycles. The van der Waals surface area contributed by atoms with Crippen LogP contribution in [0.5, 0.6) is 0 Å². The van der Waals surface area contributed by atoms with Gasteiger partial charge in [0.05, 0.1) is 6.61 Å². The van der Waals surface area contributed by atoms with Gasteiger partial charge < -0.3 is 9.15 Å². The van der Waals surface area contributed by atoms with Crippen LogP contribution in [0.15, 0.2) is 27.6 Å². The van der Waals surface area contributed by atoms with Gasteiger partial charge in [0, 0.05) is 6.42 Å². The third-order valence-corrected chi connectivity index (χ3v) is 1.78. The highest BCUT2D eigenvalue weighted by molar-refractivity contribution is 9.11. The number of hydrogen-bond donors (Lipinski definition) is 0. The fraction of sp³-hybridized carbons (Fsp3) is 0.300. The van der Waals surface area contributed by atoms with Gasteiger partial charge in [0.15, 0.2) is 0 Å². The molecule has 14 heavy (non-hydrogen) atoms. The number of furan rings is 1. The summed E-state index contributed by atoms with van der Waals surface area (Å²) in [6, 6.07) is 3.34. The van der Waals surface area contributed by atoms with Crippen LogP contribution in [0.2, 0.25) is 0 Å². The fourth-order valence-corrected chi connectivity index (χ4v) is 1.25. The van der Waals surface area contributed by atoms with Gasteiger partial charge in [0.2, 0.25) is 5.76 Å². The van der Waals surface area contributed by atoms with E-state index in [-0.39, 0.29) is 5.76 Å². The minimum atomic E-state index is -0.432. The Balaban J connectivity index is 2.67. The second-order valence-corrected chi connectivity index (χ2v) is 3.80. The van der Waals surface area contributed by atoms with E-state index >= 15 is 0 Å². The van der Waals surface area contributed by atoms with E-state index in [0.717, 1.165) is 4.48 Å². The van der Waals surface area contributed by atoms with E-state index in [0.29, 0.717) is 18.8 Å². The number of hydrogen-bond acceptors (Lipinski definition) is 3. The maximum Gasteiger partial charge on any atom is 0.374 e. The minimum absolute atomic E-state index is 0.232. The summed E-state index contributed by atoms with van der Waals surface area (Å²) in [6.07, 6.45) is 0.569. The Morgan fingerprint density at radius 1 is 1.64 bits per heavy atom. The molecule has 0 aliphatic carbocycles. The SMILES string of the molecule is C=C(Br)Cc1ccc(C(=O)OCC)o1. The Morgan fingerprint density at radius 2 is 2.36 bits per heavy atom. The third kappa shape index (κ3) is 3.03. The molecule has 0 atom stereocenters. The van der Waals surface area contributed by atoms with Crippen LogP contribution < -0.4 is 0 Å². The van der Waals surface area contributed by atoms with Gasteiger partial charge in [-0.3, -0.25) is 0 Å². The Bertz CT molecular complexity index is 341. The van der Waals surface area contributed by atoms with Crippen molar-refractivity contribution in [3.63, 3.8) is 0 Å². The number of carbonyl (C=O) groups excluding carboxylic acids is 1. The predicted octanol–water partition coefficient (Wildman–Crippen LogP) is 2.91. The summed E-state index contributed by atoms with van der Waals surface area (Å²) >= 11 is 3.22. The van der Waals surface area contributed by atoms with Crippen LogP contribution in [0.25, 0.3) is 0 Å². The number of esters is 1. The van der Waals surface area contributed by atoms with Crippen molar-refractivity contribution in [2.45, 2.75) is 13.3 Å². The highest BCUT2D eigenvalue weighted by atomic mass is 79.9. The average Bonchev–Trinajstić information content (AvgIpc) is 2.52. The number of rotatable bonds is 4. The van der Waals surface area contributed by atoms with Gasteiger partial charge in [0.1, 0.15) is 5.76 Å². The van der Waals surface area contributed by atoms with E-state index in [1.54, 1.807) is 19.1 Å². The molecule has 0 N–H and O–H groups in total. The second-order valence-electron chi connectivity index (χ2n) is 2.68. The van der Waals surface area contributed by atoms with Gasteiger partial charge in [-0.05, 0) is 23.5 Å². The van der Waals surface area contributed by atoms with Gasteiger partial charge >= 0.3 is 5.97 Å². The molecule has 0 bridgehead atoms. The average molecular weight is 259 g/mol. The Hall–Kier alpha value is -1.03. The lowest BCUT2D eigenvalue weighted by atomic mass is 10.3. The van der Waals surface area contributed by atoms with Gasteiger partial charge in [0.25, 0.3) is 0 Å². The molecule has 1 aromatic heterocycles. The van der Waals surface area contributed by atoms with Crippen molar-refractivity contribution in [3.8, 4) is 0 Å². The zero-order valence-electron chi connectivity index (χ0n) is 7.88. The largest absolute Gasteiger partial charge is 0.460 e. The van der Waals surface area contributed by atoms with E-state index in [1.165, 1.54) is 0 Å².